The molecule has 0 spiro atoms. The monoisotopic (exact) mass is 322 g/mol. The molecule has 0 saturated carbocycles. The normalized spacial score (nSPS) is 25.5. The number of fused-ring (bicyclic) bond motifs is 1. The lowest BCUT2D eigenvalue weighted by Gasteiger charge is -2.26. The van der Waals surface area contributed by atoms with Crippen LogP contribution >= 0.6 is 11.8 Å². The Hall–Kier alpha value is -1.04. The van der Waals surface area contributed by atoms with Gasteiger partial charge < -0.3 is 14.2 Å². The molecule has 0 radical (unpaired) electrons. The van der Waals surface area contributed by atoms with Gasteiger partial charge in [-0.15, -0.1) is 11.8 Å². The number of carbonyl (C=O) groups excluding carboxylic acids is 1. The smallest absolute Gasteiger partial charge is 0.335 e. The first kappa shape index (κ1) is 15.8. The van der Waals surface area contributed by atoms with Crippen LogP contribution in [0.3, 0.4) is 0 Å². The van der Waals surface area contributed by atoms with Gasteiger partial charge in [-0.1, -0.05) is 18.2 Å². The van der Waals surface area contributed by atoms with Crippen molar-refractivity contribution in [2.75, 3.05) is 19.0 Å². The molecule has 1 saturated heterocycles. The van der Waals surface area contributed by atoms with Crippen LogP contribution in [0.15, 0.2) is 29.2 Å². The molecule has 5 heteroatoms. The Morgan fingerprint density at radius 1 is 1.41 bits per heavy atom. The lowest BCUT2D eigenvalue weighted by Crippen LogP contribution is -2.29. The van der Waals surface area contributed by atoms with Crippen molar-refractivity contribution in [3.8, 4) is 0 Å². The van der Waals surface area contributed by atoms with Gasteiger partial charge in [0, 0.05) is 22.8 Å². The Labute approximate surface area is 135 Å². The summed E-state index contributed by atoms with van der Waals surface area (Å²) in [6.07, 6.45) is 2.36. The number of rotatable bonds is 5. The zero-order chi connectivity index (χ0) is 15.4. The van der Waals surface area contributed by atoms with Crippen LogP contribution in [0.4, 0.5) is 0 Å². The Bertz CT molecular complexity index is 513. The maximum atomic E-state index is 12.2. The van der Waals surface area contributed by atoms with Gasteiger partial charge >= 0.3 is 5.97 Å². The number of thioether (sulfide) groups is 1. The number of carbonyl (C=O) groups is 1. The van der Waals surface area contributed by atoms with Crippen molar-refractivity contribution in [3.05, 3.63) is 29.8 Å². The lowest BCUT2D eigenvalue weighted by molar-refractivity contribution is -0.164. The number of benzene rings is 1. The van der Waals surface area contributed by atoms with Crippen molar-refractivity contribution < 1.29 is 19.0 Å². The number of hydrogen-bond donors (Lipinski definition) is 0. The summed E-state index contributed by atoms with van der Waals surface area (Å²) in [5, 5.41) is 0. The summed E-state index contributed by atoms with van der Waals surface area (Å²) >= 11 is 1.82. The van der Waals surface area contributed by atoms with Crippen molar-refractivity contribution in [3.63, 3.8) is 0 Å². The van der Waals surface area contributed by atoms with Crippen LogP contribution in [0.5, 0.6) is 0 Å². The molecule has 0 bridgehead atoms. The number of hydrogen-bond acceptors (Lipinski definition) is 5. The molecular weight excluding hydrogens is 300 g/mol. The van der Waals surface area contributed by atoms with E-state index in [9.17, 15) is 4.79 Å². The third kappa shape index (κ3) is 3.83. The molecule has 2 aliphatic heterocycles. The van der Waals surface area contributed by atoms with E-state index >= 15 is 0 Å². The maximum absolute atomic E-state index is 12.2. The highest BCUT2D eigenvalue weighted by Gasteiger charge is 2.27. The van der Waals surface area contributed by atoms with Crippen molar-refractivity contribution in [2.24, 2.45) is 0 Å². The zero-order valence-electron chi connectivity index (χ0n) is 12.8. The third-order valence-electron chi connectivity index (χ3n) is 4.05. The largest absolute Gasteiger partial charge is 0.456 e. The molecule has 1 aromatic carbocycles. The fraction of sp³-hybridized carbons (Fsp3) is 0.588. The molecule has 22 heavy (non-hydrogen) atoms. The average Bonchev–Trinajstić information content (AvgIpc) is 3.06. The van der Waals surface area contributed by atoms with Gasteiger partial charge in [-0.3, -0.25) is 0 Å². The highest BCUT2D eigenvalue weighted by molar-refractivity contribution is 7.99. The fourth-order valence-electron chi connectivity index (χ4n) is 2.76. The standard InChI is InChI=1S/C17H22O4S/c1-12(20-11-13-5-4-9-19-13)17(18)21-15-8-10-22-16-7-3-2-6-14(15)16/h2-3,6-7,12-13,15H,4-5,8-11H2,1H3/t12-,13-,15-/m0/s1. The fourth-order valence-corrected chi connectivity index (χ4v) is 3.86. The second-order valence-electron chi connectivity index (χ2n) is 5.71. The van der Waals surface area contributed by atoms with Crippen LogP contribution in [0.2, 0.25) is 0 Å². The van der Waals surface area contributed by atoms with Gasteiger partial charge in [-0.05, 0) is 32.3 Å². The Morgan fingerprint density at radius 2 is 2.27 bits per heavy atom. The average molecular weight is 322 g/mol. The van der Waals surface area contributed by atoms with Gasteiger partial charge in [0.1, 0.15) is 6.10 Å². The second kappa shape index (κ2) is 7.49. The lowest BCUT2D eigenvalue weighted by atomic mass is 10.1. The second-order valence-corrected chi connectivity index (χ2v) is 6.85. The van der Waals surface area contributed by atoms with Crippen LogP contribution in [-0.4, -0.2) is 37.1 Å². The van der Waals surface area contributed by atoms with Gasteiger partial charge in [0.25, 0.3) is 0 Å². The minimum atomic E-state index is -0.550. The first-order chi connectivity index (χ1) is 10.7. The molecule has 2 aliphatic rings. The molecule has 0 aliphatic carbocycles. The molecule has 0 N–H and O–H groups in total. The quantitative estimate of drug-likeness (QED) is 0.778. The SMILES string of the molecule is C[C@H](OC[C@@H]1CCCO1)C(=O)O[C@H]1CCSc2ccccc21. The van der Waals surface area contributed by atoms with E-state index < -0.39 is 6.10 Å². The van der Waals surface area contributed by atoms with Crippen molar-refractivity contribution >= 4 is 17.7 Å². The van der Waals surface area contributed by atoms with E-state index in [4.69, 9.17) is 14.2 Å². The van der Waals surface area contributed by atoms with E-state index in [1.165, 1.54) is 4.90 Å². The maximum Gasteiger partial charge on any atom is 0.335 e. The van der Waals surface area contributed by atoms with Gasteiger partial charge in [-0.25, -0.2) is 4.79 Å². The first-order valence-corrected chi connectivity index (χ1v) is 8.88. The predicted octanol–water partition coefficient (Wildman–Crippen LogP) is 3.35. The molecule has 0 amide bonds. The topological polar surface area (TPSA) is 44.8 Å². The Morgan fingerprint density at radius 3 is 3.09 bits per heavy atom. The summed E-state index contributed by atoms with van der Waals surface area (Å²) in [7, 11) is 0. The zero-order valence-corrected chi connectivity index (χ0v) is 13.6. The summed E-state index contributed by atoms with van der Waals surface area (Å²) < 4.78 is 16.8. The van der Waals surface area contributed by atoms with Gasteiger partial charge in [0.2, 0.25) is 0 Å². The highest BCUT2D eigenvalue weighted by Crippen LogP contribution is 2.38. The van der Waals surface area contributed by atoms with E-state index in [0.717, 1.165) is 37.2 Å². The van der Waals surface area contributed by atoms with Crippen LogP contribution in [-0.2, 0) is 19.0 Å². The molecule has 1 aromatic rings. The molecule has 3 atom stereocenters. The molecule has 3 rings (SSSR count). The van der Waals surface area contributed by atoms with Crippen molar-refractivity contribution in [1.29, 1.82) is 0 Å². The van der Waals surface area contributed by atoms with E-state index in [1.54, 1.807) is 6.92 Å². The molecule has 0 aromatic heterocycles. The third-order valence-corrected chi connectivity index (χ3v) is 5.17. The van der Waals surface area contributed by atoms with Crippen LogP contribution in [0.25, 0.3) is 0 Å². The van der Waals surface area contributed by atoms with Gasteiger partial charge in [0.15, 0.2) is 6.10 Å². The van der Waals surface area contributed by atoms with Gasteiger partial charge in [-0.2, -0.15) is 0 Å². The molecule has 2 heterocycles. The molecular formula is C17H22O4S. The van der Waals surface area contributed by atoms with E-state index in [0.29, 0.717) is 6.61 Å². The Balaban J connectivity index is 1.53. The molecule has 120 valence electrons. The number of ether oxygens (including phenoxy) is 3. The summed E-state index contributed by atoms with van der Waals surface area (Å²) in [5.74, 6) is 0.685. The van der Waals surface area contributed by atoms with Crippen molar-refractivity contribution in [1.82, 2.24) is 0 Å². The first-order valence-electron chi connectivity index (χ1n) is 7.89. The highest BCUT2D eigenvalue weighted by atomic mass is 32.2. The van der Waals surface area contributed by atoms with Crippen LogP contribution < -0.4 is 0 Å². The minimum Gasteiger partial charge on any atom is -0.456 e. The number of esters is 1. The van der Waals surface area contributed by atoms with Crippen LogP contribution in [0.1, 0.15) is 37.9 Å². The molecule has 4 nitrogen and oxygen atoms in total. The minimum absolute atomic E-state index is 0.127. The Kier molecular flexibility index (Phi) is 5.39. The van der Waals surface area contributed by atoms with E-state index in [1.807, 2.05) is 30.0 Å². The predicted molar refractivity (Wildman–Crippen MR) is 85.0 cm³/mol. The summed E-state index contributed by atoms with van der Waals surface area (Å²) in [5.41, 5.74) is 1.11. The summed E-state index contributed by atoms with van der Waals surface area (Å²) in [6.45, 7) is 3.01. The van der Waals surface area contributed by atoms with Crippen LogP contribution in [0, 0.1) is 0 Å². The molecule has 1 fully saturated rings. The van der Waals surface area contributed by atoms with E-state index in [-0.39, 0.29) is 18.2 Å². The molecule has 0 unspecified atom stereocenters. The van der Waals surface area contributed by atoms with E-state index in [2.05, 4.69) is 6.07 Å². The summed E-state index contributed by atoms with van der Waals surface area (Å²) in [6, 6.07) is 8.13. The van der Waals surface area contributed by atoms with Gasteiger partial charge in [0.05, 0.1) is 12.7 Å². The summed E-state index contributed by atoms with van der Waals surface area (Å²) in [4.78, 5) is 13.4. The van der Waals surface area contributed by atoms with Crippen molar-refractivity contribution in [2.45, 2.75) is 49.4 Å².